The fourth-order valence-corrected chi connectivity index (χ4v) is 3.13. The highest BCUT2D eigenvalue weighted by Gasteiger charge is 2.39. The van der Waals surface area contributed by atoms with Gasteiger partial charge in [0.2, 0.25) is 0 Å². The fraction of sp³-hybridized carbons (Fsp3) is 0.381. The van der Waals surface area contributed by atoms with Gasteiger partial charge in [-0.1, -0.05) is 12.1 Å². The molecule has 0 radical (unpaired) electrons. The van der Waals surface area contributed by atoms with Gasteiger partial charge in [-0.15, -0.1) is 0 Å². The third kappa shape index (κ3) is 5.22. The molecule has 1 atom stereocenters. The van der Waals surface area contributed by atoms with Gasteiger partial charge in [0.25, 0.3) is 0 Å². The van der Waals surface area contributed by atoms with Gasteiger partial charge in [0, 0.05) is 12.6 Å². The molecular formula is C21H24FNO6. The summed E-state index contributed by atoms with van der Waals surface area (Å²) in [6, 6.07) is 5.59. The van der Waals surface area contributed by atoms with Crippen molar-refractivity contribution in [2.45, 2.75) is 33.6 Å². The molecule has 2 rings (SSSR count). The van der Waals surface area contributed by atoms with E-state index in [-0.39, 0.29) is 36.7 Å². The van der Waals surface area contributed by atoms with Crippen LogP contribution < -0.4 is 5.32 Å². The number of carbonyl (C=O) groups excluding carboxylic acids is 3. The van der Waals surface area contributed by atoms with Gasteiger partial charge >= 0.3 is 17.9 Å². The summed E-state index contributed by atoms with van der Waals surface area (Å²) >= 11 is 0. The van der Waals surface area contributed by atoms with E-state index in [9.17, 15) is 18.8 Å². The number of allylic oxidation sites excluding steroid dienone is 1. The van der Waals surface area contributed by atoms with Crippen LogP contribution in [0.3, 0.4) is 0 Å². The first-order chi connectivity index (χ1) is 13.8. The van der Waals surface area contributed by atoms with Crippen LogP contribution in [0.4, 0.5) is 4.39 Å². The lowest BCUT2D eigenvalue weighted by molar-refractivity contribution is -0.142. The minimum absolute atomic E-state index is 0.0624. The Balaban J connectivity index is 2.69. The van der Waals surface area contributed by atoms with Crippen LogP contribution in [-0.2, 0) is 28.6 Å². The molecule has 0 bridgehead atoms. The van der Waals surface area contributed by atoms with Gasteiger partial charge in [0.15, 0.2) is 0 Å². The van der Waals surface area contributed by atoms with Crippen LogP contribution >= 0.6 is 0 Å². The summed E-state index contributed by atoms with van der Waals surface area (Å²) < 4.78 is 29.4. The maximum absolute atomic E-state index is 14.0. The quantitative estimate of drug-likeness (QED) is 0.551. The molecule has 1 aliphatic heterocycles. The summed E-state index contributed by atoms with van der Waals surface area (Å²) in [4.78, 5) is 36.8. The monoisotopic (exact) mass is 405 g/mol. The molecule has 7 nitrogen and oxygen atoms in total. The van der Waals surface area contributed by atoms with Crippen LogP contribution in [0.5, 0.6) is 0 Å². The highest BCUT2D eigenvalue weighted by molar-refractivity contribution is 6.00. The molecule has 0 saturated heterocycles. The molecule has 1 aromatic carbocycles. The minimum atomic E-state index is -0.949. The standard InChI is InChI=1S/C21H24FNO6/c1-5-27-20(25)17-12(3)23-16(11-29-13(4)24)19(21(26)28-6-2)18(17)14-8-7-9-15(22)10-14/h7-10,18,23H,5-6,11H2,1-4H3. The van der Waals surface area contributed by atoms with E-state index in [1.165, 1.54) is 25.1 Å². The zero-order valence-corrected chi connectivity index (χ0v) is 16.8. The Morgan fingerprint density at radius 3 is 2.21 bits per heavy atom. The Morgan fingerprint density at radius 2 is 1.66 bits per heavy atom. The lowest BCUT2D eigenvalue weighted by Crippen LogP contribution is -2.35. The van der Waals surface area contributed by atoms with Crippen molar-refractivity contribution >= 4 is 17.9 Å². The molecule has 0 fully saturated rings. The van der Waals surface area contributed by atoms with Gasteiger partial charge in [-0.25, -0.2) is 14.0 Å². The molecule has 1 N–H and O–H groups in total. The van der Waals surface area contributed by atoms with Crippen LogP contribution in [0.1, 0.15) is 39.2 Å². The van der Waals surface area contributed by atoms with Crippen molar-refractivity contribution in [1.82, 2.24) is 5.32 Å². The largest absolute Gasteiger partial charge is 0.463 e. The first-order valence-corrected chi connectivity index (χ1v) is 9.23. The van der Waals surface area contributed by atoms with E-state index < -0.39 is 29.6 Å². The number of dihydropyridines is 1. The smallest absolute Gasteiger partial charge is 0.336 e. The molecule has 0 spiro atoms. The highest BCUT2D eigenvalue weighted by Crippen LogP contribution is 2.39. The molecular weight excluding hydrogens is 381 g/mol. The minimum Gasteiger partial charge on any atom is -0.463 e. The summed E-state index contributed by atoms with van der Waals surface area (Å²) in [7, 11) is 0. The van der Waals surface area contributed by atoms with E-state index >= 15 is 0 Å². The van der Waals surface area contributed by atoms with E-state index in [0.29, 0.717) is 11.3 Å². The average Bonchev–Trinajstić information content (AvgIpc) is 2.65. The SMILES string of the molecule is CCOC(=O)C1=C(C)NC(COC(C)=O)=C(C(=O)OCC)C1c1cccc(F)c1. The van der Waals surface area contributed by atoms with Gasteiger partial charge < -0.3 is 19.5 Å². The molecule has 1 unspecified atom stereocenters. The lowest BCUT2D eigenvalue weighted by Gasteiger charge is -2.31. The van der Waals surface area contributed by atoms with Gasteiger partial charge in [-0.2, -0.15) is 0 Å². The van der Waals surface area contributed by atoms with Crippen molar-refractivity contribution < 1.29 is 33.0 Å². The number of hydrogen-bond acceptors (Lipinski definition) is 7. The number of rotatable bonds is 7. The Kier molecular flexibility index (Phi) is 7.52. The number of halogens is 1. The van der Waals surface area contributed by atoms with E-state index in [4.69, 9.17) is 14.2 Å². The zero-order valence-electron chi connectivity index (χ0n) is 16.8. The molecule has 0 amide bonds. The van der Waals surface area contributed by atoms with Crippen LogP contribution in [0.25, 0.3) is 0 Å². The predicted octanol–water partition coefficient (Wildman–Crippen LogP) is 2.73. The van der Waals surface area contributed by atoms with E-state index in [2.05, 4.69) is 5.32 Å². The summed E-state index contributed by atoms with van der Waals surface area (Å²) in [5, 5.41) is 2.95. The zero-order chi connectivity index (χ0) is 21.6. The molecule has 29 heavy (non-hydrogen) atoms. The maximum atomic E-state index is 14.0. The molecule has 0 saturated carbocycles. The summed E-state index contributed by atoms with van der Waals surface area (Å²) in [6.07, 6.45) is 0. The second-order valence-electron chi connectivity index (χ2n) is 6.27. The van der Waals surface area contributed by atoms with Crippen LogP contribution in [-0.4, -0.2) is 37.7 Å². The Bertz CT molecular complexity index is 874. The van der Waals surface area contributed by atoms with Crippen LogP contribution in [0, 0.1) is 5.82 Å². The Hall–Kier alpha value is -3.16. The molecule has 1 aliphatic rings. The molecule has 0 aliphatic carbocycles. The second kappa shape index (κ2) is 9.86. The van der Waals surface area contributed by atoms with Crippen molar-refractivity contribution in [3.8, 4) is 0 Å². The molecule has 1 aromatic rings. The molecule has 0 aromatic heterocycles. The van der Waals surface area contributed by atoms with Crippen molar-refractivity contribution in [2.75, 3.05) is 19.8 Å². The van der Waals surface area contributed by atoms with Crippen molar-refractivity contribution in [3.63, 3.8) is 0 Å². The van der Waals surface area contributed by atoms with E-state index in [1.54, 1.807) is 26.8 Å². The number of nitrogens with one attached hydrogen (secondary N) is 1. The molecule has 8 heteroatoms. The van der Waals surface area contributed by atoms with Crippen LogP contribution in [0.15, 0.2) is 46.8 Å². The average molecular weight is 405 g/mol. The second-order valence-corrected chi connectivity index (χ2v) is 6.27. The highest BCUT2D eigenvalue weighted by atomic mass is 19.1. The Morgan fingerprint density at radius 1 is 1.03 bits per heavy atom. The number of ether oxygens (including phenoxy) is 3. The van der Waals surface area contributed by atoms with Gasteiger partial charge in [0.1, 0.15) is 12.4 Å². The predicted molar refractivity (Wildman–Crippen MR) is 102 cm³/mol. The Labute approximate surface area is 168 Å². The maximum Gasteiger partial charge on any atom is 0.336 e. The van der Waals surface area contributed by atoms with Gasteiger partial charge in [-0.3, -0.25) is 4.79 Å². The summed E-state index contributed by atoms with van der Waals surface area (Å²) in [5.74, 6) is -3.35. The van der Waals surface area contributed by atoms with Crippen LogP contribution in [0.2, 0.25) is 0 Å². The van der Waals surface area contributed by atoms with Crippen molar-refractivity contribution in [2.24, 2.45) is 0 Å². The number of benzene rings is 1. The summed E-state index contributed by atoms with van der Waals surface area (Å²) in [6.45, 7) is 6.17. The normalized spacial score (nSPS) is 16.2. The number of carbonyl (C=O) groups is 3. The first kappa shape index (κ1) is 22.1. The van der Waals surface area contributed by atoms with Crippen molar-refractivity contribution in [1.29, 1.82) is 0 Å². The molecule has 1 heterocycles. The number of esters is 3. The van der Waals surface area contributed by atoms with Crippen molar-refractivity contribution in [3.05, 3.63) is 58.2 Å². The van der Waals surface area contributed by atoms with E-state index in [1.807, 2.05) is 0 Å². The lowest BCUT2D eigenvalue weighted by atomic mass is 9.80. The van der Waals surface area contributed by atoms with E-state index in [0.717, 1.165) is 0 Å². The fourth-order valence-electron chi connectivity index (χ4n) is 3.13. The third-order valence-electron chi connectivity index (χ3n) is 4.24. The number of hydrogen-bond donors (Lipinski definition) is 1. The molecule has 156 valence electrons. The summed E-state index contributed by atoms with van der Waals surface area (Å²) in [5.41, 5.74) is 1.27. The van der Waals surface area contributed by atoms with Gasteiger partial charge in [0.05, 0.1) is 36.0 Å². The third-order valence-corrected chi connectivity index (χ3v) is 4.24. The topological polar surface area (TPSA) is 90.9 Å². The van der Waals surface area contributed by atoms with Gasteiger partial charge in [-0.05, 0) is 38.5 Å². The first-order valence-electron chi connectivity index (χ1n) is 9.23.